The van der Waals surface area contributed by atoms with E-state index in [9.17, 15) is 0 Å². The Hall–Kier alpha value is -1.58. The maximum atomic E-state index is 4.47. The Kier molecular flexibility index (Phi) is 3.31. The molecule has 0 fully saturated rings. The molecule has 17 heavy (non-hydrogen) atoms. The number of nitrogens with zero attached hydrogens (tertiary/aromatic N) is 4. The van der Waals surface area contributed by atoms with Crippen LogP contribution in [0.2, 0.25) is 0 Å². The van der Waals surface area contributed by atoms with Gasteiger partial charge in [0.05, 0.1) is 17.9 Å². The van der Waals surface area contributed by atoms with Crippen molar-refractivity contribution in [2.75, 3.05) is 0 Å². The largest absolute Gasteiger partial charge is 0.329 e. The van der Waals surface area contributed by atoms with Crippen LogP contribution in [0.15, 0.2) is 18.5 Å². The molecule has 2 rings (SSSR count). The van der Waals surface area contributed by atoms with E-state index in [1.54, 1.807) is 0 Å². The number of hydrogen-bond acceptors (Lipinski definition) is 2. The Bertz CT molecular complexity index is 493. The van der Waals surface area contributed by atoms with Crippen LogP contribution >= 0.6 is 0 Å². The van der Waals surface area contributed by atoms with E-state index < -0.39 is 0 Å². The van der Waals surface area contributed by atoms with E-state index in [4.69, 9.17) is 0 Å². The minimum atomic E-state index is 0.448. The Morgan fingerprint density at radius 1 is 1.35 bits per heavy atom. The summed E-state index contributed by atoms with van der Waals surface area (Å²) >= 11 is 0. The van der Waals surface area contributed by atoms with E-state index in [0.29, 0.717) is 5.92 Å². The SMILES string of the molecule is CCc1cc(Cn2ccnc2C(C)C)n(C)n1. The summed E-state index contributed by atoms with van der Waals surface area (Å²) in [6.07, 6.45) is 4.88. The second kappa shape index (κ2) is 4.73. The molecule has 0 bridgehead atoms. The molecule has 0 saturated carbocycles. The lowest BCUT2D eigenvalue weighted by molar-refractivity contribution is 0.620. The van der Waals surface area contributed by atoms with Gasteiger partial charge in [-0.1, -0.05) is 20.8 Å². The molecule has 0 spiro atoms. The summed E-state index contributed by atoms with van der Waals surface area (Å²) in [5.41, 5.74) is 2.37. The second-order valence-electron chi connectivity index (χ2n) is 4.67. The Morgan fingerprint density at radius 2 is 2.12 bits per heavy atom. The first-order valence-electron chi connectivity index (χ1n) is 6.14. The number of aryl methyl sites for hydroxylation is 2. The van der Waals surface area contributed by atoms with Crippen molar-refractivity contribution in [3.63, 3.8) is 0 Å². The van der Waals surface area contributed by atoms with Gasteiger partial charge in [0.1, 0.15) is 5.82 Å². The first-order valence-corrected chi connectivity index (χ1v) is 6.14. The summed E-state index contributed by atoms with van der Waals surface area (Å²) in [6, 6.07) is 2.17. The van der Waals surface area contributed by atoms with Gasteiger partial charge in [-0.3, -0.25) is 4.68 Å². The standard InChI is InChI=1S/C13H20N4/c1-5-11-8-12(16(4)15-11)9-17-7-6-14-13(17)10(2)3/h6-8,10H,5,9H2,1-4H3. The third-order valence-corrected chi connectivity index (χ3v) is 2.99. The fourth-order valence-corrected chi connectivity index (χ4v) is 2.02. The van der Waals surface area contributed by atoms with Crippen LogP contribution in [0, 0.1) is 0 Å². The quantitative estimate of drug-likeness (QED) is 0.811. The molecule has 4 nitrogen and oxygen atoms in total. The molecule has 2 aromatic rings. The van der Waals surface area contributed by atoms with Gasteiger partial charge in [0, 0.05) is 25.4 Å². The van der Waals surface area contributed by atoms with E-state index in [0.717, 1.165) is 24.5 Å². The minimum absolute atomic E-state index is 0.448. The maximum absolute atomic E-state index is 4.47. The lowest BCUT2D eigenvalue weighted by atomic mass is 10.2. The lowest BCUT2D eigenvalue weighted by Gasteiger charge is -2.10. The Balaban J connectivity index is 2.25. The molecule has 2 aromatic heterocycles. The molecular formula is C13H20N4. The minimum Gasteiger partial charge on any atom is -0.329 e. The zero-order chi connectivity index (χ0) is 12.4. The summed E-state index contributed by atoms with van der Waals surface area (Å²) < 4.78 is 4.16. The molecule has 0 aromatic carbocycles. The number of rotatable bonds is 4. The van der Waals surface area contributed by atoms with E-state index in [-0.39, 0.29) is 0 Å². The van der Waals surface area contributed by atoms with E-state index in [1.165, 1.54) is 5.69 Å². The van der Waals surface area contributed by atoms with Gasteiger partial charge in [-0.15, -0.1) is 0 Å². The summed E-state index contributed by atoms with van der Waals surface area (Å²) in [7, 11) is 2.00. The van der Waals surface area contributed by atoms with Gasteiger partial charge in [-0.2, -0.15) is 5.10 Å². The third kappa shape index (κ3) is 2.40. The number of hydrogen-bond donors (Lipinski definition) is 0. The van der Waals surface area contributed by atoms with Crippen LogP contribution in [-0.4, -0.2) is 19.3 Å². The highest BCUT2D eigenvalue weighted by molar-refractivity contribution is 5.12. The summed E-state index contributed by atoms with van der Waals surface area (Å²) in [4.78, 5) is 4.40. The smallest absolute Gasteiger partial charge is 0.111 e. The topological polar surface area (TPSA) is 35.6 Å². The van der Waals surface area contributed by atoms with Crippen molar-refractivity contribution in [1.29, 1.82) is 0 Å². The summed E-state index contributed by atoms with van der Waals surface area (Å²) in [6.45, 7) is 7.30. The molecule has 92 valence electrons. The van der Waals surface area contributed by atoms with Crippen molar-refractivity contribution in [3.05, 3.63) is 35.7 Å². The highest BCUT2D eigenvalue weighted by Crippen LogP contribution is 2.14. The number of aromatic nitrogens is 4. The van der Waals surface area contributed by atoms with Gasteiger partial charge in [0.15, 0.2) is 0 Å². The van der Waals surface area contributed by atoms with Crippen LogP contribution in [0.25, 0.3) is 0 Å². The lowest BCUT2D eigenvalue weighted by Crippen LogP contribution is -2.09. The molecule has 4 heteroatoms. The van der Waals surface area contributed by atoms with Gasteiger partial charge < -0.3 is 4.57 Å². The third-order valence-electron chi connectivity index (χ3n) is 2.99. The first-order chi connectivity index (χ1) is 8.11. The zero-order valence-electron chi connectivity index (χ0n) is 11.0. The first kappa shape index (κ1) is 11.9. The van der Waals surface area contributed by atoms with Crippen molar-refractivity contribution >= 4 is 0 Å². The molecule has 0 N–H and O–H groups in total. The van der Waals surface area contributed by atoms with Crippen LogP contribution < -0.4 is 0 Å². The summed E-state index contributed by atoms with van der Waals surface area (Å²) in [5, 5.41) is 4.47. The van der Waals surface area contributed by atoms with Crippen LogP contribution in [-0.2, 0) is 20.0 Å². The molecule has 0 atom stereocenters. The van der Waals surface area contributed by atoms with Gasteiger partial charge in [0.25, 0.3) is 0 Å². The Morgan fingerprint density at radius 3 is 2.71 bits per heavy atom. The van der Waals surface area contributed by atoms with Crippen molar-refractivity contribution in [1.82, 2.24) is 19.3 Å². The van der Waals surface area contributed by atoms with E-state index in [2.05, 4.69) is 41.5 Å². The van der Waals surface area contributed by atoms with Gasteiger partial charge in [0.2, 0.25) is 0 Å². The van der Waals surface area contributed by atoms with Crippen molar-refractivity contribution in [2.45, 2.75) is 39.7 Å². The number of imidazole rings is 1. The van der Waals surface area contributed by atoms with Gasteiger partial charge >= 0.3 is 0 Å². The van der Waals surface area contributed by atoms with Gasteiger partial charge in [-0.05, 0) is 12.5 Å². The van der Waals surface area contributed by atoms with Crippen molar-refractivity contribution < 1.29 is 0 Å². The molecule has 0 unspecified atom stereocenters. The zero-order valence-corrected chi connectivity index (χ0v) is 11.0. The normalized spacial score (nSPS) is 11.4. The maximum Gasteiger partial charge on any atom is 0.111 e. The van der Waals surface area contributed by atoms with Crippen molar-refractivity contribution in [2.24, 2.45) is 7.05 Å². The van der Waals surface area contributed by atoms with Gasteiger partial charge in [-0.25, -0.2) is 4.98 Å². The molecule has 0 saturated heterocycles. The van der Waals surface area contributed by atoms with Crippen LogP contribution in [0.3, 0.4) is 0 Å². The van der Waals surface area contributed by atoms with Crippen LogP contribution in [0.4, 0.5) is 0 Å². The average Bonchev–Trinajstić information content (AvgIpc) is 2.87. The predicted molar refractivity (Wildman–Crippen MR) is 68.0 cm³/mol. The summed E-state index contributed by atoms with van der Waals surface area (Å²) in [5.74, 6) is 1.58. The molecule has 2 heterocycles. The monoisotopic (exact) mass is 232 g/mol. The highest BCUT2D eigenvalue weighted by atomic mass is 15.3. The molecule has 0 aliphatic heterocycles. The molecule has 0 radical (unpaired) electrons. The molecule has 0 aliphatic rings. The Labute approximate surface area is 102 Å². The molecule has 0 amide bonds. The fraction of sp³-hybridized carbons (Fsp3) is 0.538. The predicted octanol–water partition coefficient (Wildman–Crippen LogP) is 2.35. The molecular weight excluding hydrogens is 212 g/mol. The fourth-order valence-electron chi connectivity index (χ4n) is 2.02. The van der Waals surface area contributed by atoms with Crippen LogP contribution in [0.5, 0.6) is 0 Å². The average molecular weight is 232 g/mol. The highest BCUT2D eigenvalue weighted by Gasteiger charge is 2.10. The van der Waals surface area contributed by atoms with E-state index in [1.807, 2.05) is 24.1 Å². The van der Waals surface area contributed by atoms with Crippen molar-refractivity contribution in [3.8, 4) is 0 Å². The second-order valence-corrected chi connectivity index (χ2v) is 4.67. The van der Waals surface area contributed by atoms with E-state index >= 15 is 0 Å². The molecule has 0 aliphatic carbocycles. The van der Waals surface area contributed by atoms with Crippen LogP contribution in [0.1, 0.15) is 43.9 Å².